The fourth-order valence-corrected chi connectivity index (χ4v) is 5.98. The Kier molecular flexibility index (Phi) is 13.4. The summed E-state index contributed by atoms with van der Waals surface area (Å²) in [5.41, 5.74) is 2.25. The molecule has 0 aromatic carbocycles. The van der Waals surface area contributed by atoms with Crippen LogP contribution in [0.25, 0.3) is 0 Å². The van der Waals surface area contributed by atoms with Crippen molar-refractivity contribution in [2.45, 2.75) is 162 Å². The van der Waals surface area contributed by atoms with E-state index in [1.165, 1.54) is 102 Å². The van der Waals surface area contributed by atoms with Gasteiger partial charge in [0.2, 0.25) is 0 Å². The van der Waals surface area contributed by atoms with Crippen LogP contribution in [0.15, 0.2) is 11.1 Å². The predicted octanol–water partition coefficient (Wildman–Crippen LogP) is 9.03. The van der Waals surface area contributed by atoms with Crippen LogP contribution in [0.5, 0.6) is 0 Å². The molecule has 0 aromatic rings. The molecule has 33 heavy (non-hydrogen) atoms. The number of allylic oxidation sites excluding steroid dienone is 1. The van der Waals surface area contributed by atoms with E-state index < -0.39 is 6.10 Å². The van der Waals surface area contributed by atoms with E-state index in [0.29, 0.717) is 12.8 Å². The van der Waals surface area contributed by atoms with Gasteiger partial charge in [0.15, 0.2) is 11.9 Å². The summed E-state index contributed by atoms with van der Waals surface area (Å²) in [4.78, 5) is 25.1. The minimum atomic E-state index is -0.555. The van der Waals surface area contributed by atoms with Crippen molar-refractivity contribution in [3.8, 4) is 0 Å². The standard InChI is InChI=1S/C30H52O3/c1-4-5-6-7-8-9-10-11-12-13-14-15-16-17-18-22-28(31)33-27-24-30(3)23-20-19-21-26(30)25(2)29(27)32/h27H,4-24H2,1-3H3. The van der Waals surface area contributed by atoms with Crippen molar-refractivity contribution in [2.75, 3.05) is 0 Å². The highest BCUT2D eigenvalue weighted by Gasteiger charge is 2.44. The zero-order valence-corrected chi connectivity index (χ0v) is 22.2. The monoisotopic (exact) mass is 460 g/mol. The van der Waals surface area contributed by atoms with Crippen molar-refractivity contribution in [2.24, 2.45) is 5.41 Å². The van der Waals surface area contributed by atoms with E-state index in [0.717, 1.165) is 31.3 Å². The number of ketones is 1. The summed E-state index contributed by atoms with van der Waals surface area (Å²) >= 11 is 0. The molecular weight excluding hydrogens is 408 g/mol. The normalized spacial score (nSPS) is 23.0. The molecule has 0 saturated heterocycles. The maximum absolute atomic E-state index is 12.7. The molecule has 3 nitrogen and oxygen atoms in total. The highest BCUT2D eigenvalue weighted by Crippen LogP contribution is 2.49. The van der Waals surface area contributed by atoms with Crippen LogP contribution in [-0.4, -0.2) is 17.9 Å². The lowest BCUT2D eigenvalue weighted by molar-refractivity contribution is -0.156. The average Bonchev–Trinajstić information content (AvgIpc) is 2.79. The Labute approximate surface area is 204 Å². The van der Waals surface area contributed by atoms with Crippen molar-refractivity contribution in [3.05, 3.63) is 11.1 Å². The molecule has 2 aliphatic carbocycles. The molecule has 0 radical (unpaired) electrons. The van der Waals surface area contributed by atoms with Gasteiger partial charge in [-0.15, -0.1) is 0 Å². The topological polar surface area (TPSA) is 43.4 Å². The SMILES string of the molecule is CCCCCCCCCCCCCCCCCC(=O)OC1CC2(C)CCCCC2=C(C)C1=O. The highest BCUT2D eigenvalue weighted by atomic mass is 16.5. The first-order chi connectivity index (χ1) is 16.0. The van der Waals surface area contributed by atoms with Gasteiger partial charge in [0.05, 0.1) is 0 Å². The first-order valence-electron chi connectivity index (χ1n) is 14.4. The van der Waals surface area contributed by atoms with E-state index in [-0.39, 0.29) is 17.2 Å². The molecular formula is C30H52O3. The van der Waals surface area contributed by atoms with Gasteiger partial charge in [-0.1, -0.05) is 116 Å². The van der Waals surface area contributed by atoms with Crippen LogP contribution in [0.1, 0.15) is 156 Å². The van der Waals surface area contributed by atoms with Crippen LogP contribution in [0.4, 0.5) is 0 Å². The molecule has 0 heterocycles. The van der Waals surface area contributed by atoms with Gasteiger partial charge < -0.3 is 4.74 Å². The van der Waals surface area contributed by atoms with E-state index >= 15 is 0 Å². The van der Waals surface area contributed by atoms with Crippen LogP contribution in [0.3, 0.4) is 0 Å². The molecule has 0 spiro atoms. The second-order valence-electron chi connectivity index (χ2n) is 11.1. The zero-order valence-electron chi connectivity index (χ0n) is 22.2. The number of fused-ring (bicyclic) bond motifs is 1. The molecule has 2 atom stereocenters. The minimum Gasteiger partial charge on any atom is -0.454 e. The van der Waals surface area contributed by atoms with Crippen LogP contribution in [-0.2, 0) is 14.3 Å². The number of Topliss-reactive ketones (excluding diaryl/α,β-unsaturated/α-hetero) is 1. The molecule has 1 saturated carbocycles. The van der Waals surface area contributed by atoms with Crippen LogP contribution < -0.4 is 0 Å². The fraction of sp³-hybridized carbons (Fsp3) is 0.867. The van der Waals surface area contributed by atoms with Crippen LogP contribution in [0, 0.1) is 5.41 Å². The lowest BCUT2D eigenvalue weighted by Gasteiger charge is -2.43. The second kappa shape index (κ2) is 15.7. The summed E-state index contributed by atoms with van der Waals surface area (Å²) in [7, 11) is 0. The quantitative estimate of drug-likeness (QED) is 0.161. The molecule has 2 rings (SSSR count). The molecule has 190 valence electrons. The number of rotatable bonds is 17. The number of unbranched alkanes of at least 4 members (excludes halogenated alkanes) is 14. The Morgan fingerprint density at radius 3 is 1.91 bits per heavy atom. The molecule has 0 aromatic heterocycles. The third-order valence-electron chi connectivity index (χ3n) is 8.14. The van der Waals surface area contributed by atoms with Gasteiger partial charge in [-0.3, -0.25) is 9.59 Å². The maximum Gasteiger partial charge on any atom is 0.306 e. The number of hydrogen-bond donors (Lipinski definition) is 0. The van der Waals surface area contributed by atoms with E-state index in [4.69, 9.17) is 4.74 Å². The number of carbonyl (C=O) groups is 2. The molecule has 0 N–H and O–H groups in total. The van der Waals surface area contributed by atoms with E-state index in [1.54, 1.807) is 0 Å². The van der Waals surface area contributed by atoms with Gasteiger partial charge in [-0.2, -0.15) is 0 Å². The van der Waals surface area contributed by atoms with Gasteiger partial charge in [-0.05, 0) is 43.6 Å². The lowest BCUT2D eigenvalue weighted by Crippen LogP contribution is -2.41. The van der Waals surface area contributed by atoms with E-state index in [9.17, 15) is 9.59 Å². The fourth-order valence-electron chi connectivity index (χ4n) is 5.98. The first kappa shape index (κ1) is 28.1. The summed E-state index contributed by atoms with van der Waals surface area (Å²) in [5, 5.41) is 0. The first-order valence-corrected chi connectivity index (χ1v) is 14.4. The summed E-state index contributed by atoms with van der Waals surface area (Å²) in [5.74, 6) is -0.132. The smallest absolute Gasteiger partial charge is 0.306 e. The van der Waals surface area contributed by atoms with Crippen LogP contribution >= 0.6 is 0 Å². The lowest BCUT2D eigenvalue weighted by atomic mass is 9.63. The van der Waals surface area contributed by atoms with E-state index in [2.05, 4.69) is 13.8 Å². The van der Waals surface area contributed by atoms with Crippen molar-refractivity contribution >= 4 is 11.8 Å². The Balaban J connectivity index is 1.46. The second-order valence-corrected chi connectivity index (χ2v) is 11.1. The summed E-state index contributed by atoms with van der Waals surface area (Å²) in [6.45, 7) is 6.47. The van der Waals surface area contributed by atoms with Crippen molar-refractivity contribution < 1.29 is 14.3 Å². The minimum absolute atomic E-state index is 0.0502. The summed E-state index contributed by atoms with van der Waals surface area (Å²) < 4.78 is 5.68. The zero-order chi connectivity index (χ0) is 23.9. The molecule has 2 unspecified atom stereocenters. The molecule has 0 bridgehead atoms. The van der Waals surface area contributed by atoms with Gasteiger partial charge >= 0.3 is 5.97 Å². The third kappa shape index (κ3) is 9.95. The summed E-state index contributed by atoms with van der Waals surface area (Å²) in [6.07, 6.45) is 24.9. The molecule has 0 aliphatic heterocycles. The Morgan fingerprint density at radius 1 is 0.848 bits per heavy atom. The molecule has 3 heteroatoms. The van der Waals surface area contributed by atoms with Gasteiger partial charge in [0.25, 0.3) is 0 Å². The third-order valence-corrected chi connectivity index (χ3v) is 8.14. The van der Waals surface area contributed by atoms with E-state index in [1.807, 2.05) is 6.92 Å². The summed E-state index contributed by atoms with van der Waals surface area (Å²) in [6, 6.07) is 0. The predicted molar refractivity (Wildman–Crippen MR) is 138 cm³/mol. The van der Waals surface area contributed by atoms with Crippen molar-refractivity contribution in [1.29, 1.82) is 0 Å². The molecule has 2 aliphatic rings. The Bertz CT molecular complexity index is 620. The highest BCUT2D eigenvalue weighted by molar-refractivity contribution is 6.01. The number of hydrogen-bond acceptors (Lipinski definition) is 3. The molecule has 1 fully saturated rings. The largest absolute Gasteiger partial charge is 0.454 e. The van der Waals surface area contributed by atoms with Gasteiger partial charge in [-0.25, -0.2) is 0 Å². The Hall–Kier alpha value is -1.12. The van der Waals surface area contributed by atoms with Crippen molar-refractivity contribution in [1.82, 2.24) is 0 Å². The average molecular weight is 461 g/mol. The number of esters is 1. The van der Waals surface area contributed by atoms with Crippen LogP contribution in [0.2, 0.25) is 0 Å². The van der Waals surface area contributed by atoms with Crippen molar-refractivity contribution in [3.63, 3.8) is 0 Å². The van der Waals surface area contributed by atoms with Gasteiger partial charge in [0.1, 0.15) is 0 Å². The number of carbonyl (C=O) groups excluding carboxylic acids is 2. The number of ether oxygens (including phenoxy) is 1. The van der Waals surface area contributed by atoms with Gasteiger partial charge in [0, 0.05) is 12.8 Å². The molecule has 0 amide bonds. The Morgan fingerprint density at radius 2 is 1.36 bits per heavy atom. The maximum atomic E-state index is 12.7.